The molecule has 0 unspecified atom stereocenters. The van der Waals surface area contributed by atoms with Gasteiger partial charge >= 0.3 is 0 Å². The molecule has 170 valence electrons. The van der Waals surface area contributed by atoms with E-state index in [9.17, 15) is 4.79 Å². The maximum Gasteiger partial charge on any atom is 0.234 e. The molecule has 0 radical (unpaired) electrons. The zero-order valence-corrected chi connectivity index (χ0v) is 20.9. The summed E-state index contributed by atoms with van der Waals surface area (Å²) in [5.74, 6) is 1.30. The zero-order chi connectivity index (χ0) is 23.3. The first-order chi connectivity index (χ1) is 15.3. The van der Waals surface area contributed by atoms with Crippen molar-refractivity contribution in [3.63, 3.8) is 0 Å². The summed E-state index contributed by atoms with van der Waals surface area (Å²) < 4.78 is 7.98. The summed E-state index contributed by atoms with van der Waals surface area (Å²) in [6, 6.07) is 11.0. The van der Waals surface area contributed by atoms with E-state index in [2.05, 4.69) is 22.4 Å². The van der Waals surface area contributed by atoms with Crippen molar-refractivity contribution in [2.24, 2.45) is 0 Å². The maximum absolute atomic E-state index is 12.4. The third-order valence-electron chi connectivity index (χ3n) is 4.67. The number of thioether (sulfide) groups is 1. The van der Waals surface area contributed by atoms with Gasteiger partial charge < -0.3 is 14.6 Å². The van der Waals surface area contributed by atoms with Crippen LogP contribution in [0.25, 0.3) is 0 Å². The standard InChI is InChI=1S/C22H23Cl3N4O2S/c1-4-14-6-8-16(9-7-14)31-13(3)21-27-28-22(29(21)5-2)32-12-19(30)26-20-17(24)10-15(23)11-18(20)25/h6-11,13H,4-5,12H2,1-3H3,(H,26,30)/t13-/m0/s1. The highest BCUT2D eigenvalue weighted by molar-refractivity contribution is 7.99. The predicted molar refractivity (Wildman–Crippen MR) is 131 cm³/mol. The Morgan fingerprint density at radius 3 is 2.38 bits per heavy atom. The molecule has 1 amide bonds. The van der Waals surface area contributed by atoms with E-state index in [1.165, 1.54) is 29.5 Å². The van der Waals surface area contributed by atoms with E-state index < -0.39 is 0 Å². The number of hydrogen-bond acceptors (Lipinski definition) is 5. The zero-order valence-electron chi connectivity index (χ0n) is 17.9. The molecule has 10 heteroatoms. The first-order valence-corrected chi connectivity index (χ1v) is 12.2. The van der Waals surface area contributed by atoms with Gasteiger partial charge in [-0.2, -0.15) is 0 Å². The van der Waals surface area contributed by atoms with Gasteiger partial charge in [0.15, 0.2) is 17.1 Å². The second-order valence-electron chi connectivity index (χ2n) is 6.92. The normalized spacial score (nSPS) is 11.9. The minimum atomic E-state index is -0.301. The molecule has 0 aliphatic heterocycles. The summed E-state index contributed by atoms with van der Waals surface area (Å²) in [4.78, 5) is 12.4. The highest BCUT2D eigenvalue weighted by Crippen LogP contribution is 2.34. The lowest BCUT2D eigenvalue weighted by Crippen LogP contribution is -2.16. The molecule has 0 fully saturated rings. The average molecular weight is 514 g/mol. The van der Waals surface area contributed by atoms with Crippen LogP contribution in [0.3, 0.4) is 0 Å². The van der Waals surface area contributed by atoms with Crippen LogP contribution in [0.5, 0.6) is 5.75 Å². The van der Waals surface area contributed by atoms with Crippen LogP contribution >= 0.6 is 46.6 Å². The van der Waals surface area contributed by atoms with Crippen molar-refractivity contribution in [1.82, 2.24) is 14.8 Å². The molecule has 3 rings (SSSR count). The fourth-order valence-corrected chi connectivity index (χ4v) is 4.75. The number of aromatic nitrogens is 3. The molecule has 2 aromatic carbocycles. The predicted octanol–water partition coefficient (Wildman–Crippen LogP) is 6.69. The minimum absolute atomic E-state index is 0.112. The summed E-state index contributed by atoms with van der Waals surface area (Å²) in [5.41, 5.74) is 1.58. The Labute approximate surface area is 206 Å². The molecule has 0 saturated heterocycles. The molecule has 0 saturated carbocycles. The van der Waals surface area contributed by atoms with Crippen LogP contribution in [0.2, 0.25) is 15.1 Å². The first kappa shape index (κ1) is 24.7. The number of halogens is 3. The molecule has 1 atom stereocenters. The Balaban J connectivity index is 1.64. The molecule has 0 spiro atoms. The smallest absolute Gasteiger partial charge is 0.234 e. The van der Waals surface area contributed by atoms with Crippen molar-refractivity contribution in [3.05, 3.63) is 62.9 Å². The fourth-order valence-electron chi connectivity index (χ4n) is 3.03. The van der Waals surface area contributed by atoms with Gasteiger partial charge in [0.05, 0.1) is 21.5 Å². The monoisotopic (exact) mass is 512 g/mol. The largest absolute Gasteiger partial charge is 0.483 e. The van der Waals surface area contributed by atoms with Crippen LogP contribution in [0.4, 0.5) is 5.69 Å². The number of ether oxygens (including phenoxy) is 1. The Bertz CT molecular complexity index is 1070. The highest BCUT2D eigenvalue weighted by Gasteiger charge is 2.20. The molecular formula is C22H23Cl3N4O2S. The molecule has 6 nitrogen and oxygen atoms in total. The van der Waals surface area contributed by atoms with Crippen LogP contribution in [-0.2, 0) is 17.8 Å². The van der Waals surface area contributed by atoms with Gasteiger partial charge in [0.1, 0.15) is 5.75 Å². The van der Waals surface area contributed by atoms with Crippen molar-refractivity contribution < 1.29 is 9.53 Å². The van der Waals surface area contributed by atoms with E-state index in [1.54, 1.807) is 0 Å². The lowest BCUT2D eigenvalue weighted by molar-refractivity contribution is -0.113. The topological polar surface area (TPSA) is 69.0 Å². The number of anilines is 1. The molecule has 0 bridgehead atoms. The van der Waals surface area contributed by atoms with Gasteiger partial charge in [0.2, 0.25) is 5.91 Å². The van der Waals surface area contributed by atoms with Gasteiger partial charge in [-0.05, 0) is 50.1 Å². The van der Waals surface area contributed by atoms with Crippen LogP contribution in [0.15, 0.2) is 41.6 Å². The number of nitrogens with one attached hydrogen (secondary N) is 1. The minimum Gasteiger partial charge on any atom is -0.483 e. The van der Waals surface area contributed by atoms with Crippen LogP contribution in [0, 0.1) is 0 Å². The second kappa shape index (κ2) is 11.3. The molecular weight excluding hydrogens is 491 g/mol. The quantitative estimate of drug-likeness (QED) is 0.323. The first-order valence-electron chi connectivity index (χ1n) is 10.1. The molecule has 0 aliphatic carbocycles. The Morgan fingerprint density at radius 1 is 1.12 bits per heavy atom. The van der Waals surface area contributed by atoms with Crippen molar-refractivity contribution in [2.75, 3.05) is 11.1 Å². The molecule has 1 aromatic heterocycles. The Hall–Kier alpha value is -1.93. The Morgan fingerprint density at radius 2 is 1.78 bits per heavy atom. The summed E-state index contributed by atoms with van der Waals surface area (Å²) >= 11 is 19.5. The summed E-state index contributed by atoms with van der Waals surface area (Å²) in [5, 5.41) is 12.8. The number of carbonyl (C=O) groups excluding carboxylic acids is 1. The molecule has 3 aromatic rings. The van der Waals surface area contributed by atoms with E-state index in [0.717, 1.165) is 12.2 Å². The summed E-state index contributed by atoms with van der Waals surface area (Å²) in [6.45, 7) is 6.67. The van der Waals surface area contributed by atoms with E-state index in [1.807, 2.05) is 42.7 Å². The van der Waals surface area contributed by atoms with Gasteiger partial charge in [0, 0.05) is 11.6 Å². The van der Waals surface area contributed by atoms with Crippen molar-refractivity contribution in [3.8, 4) is 5.75 Å². The van der Waals surface area contributed by atoms with Gasteiger partial charge in [0.25, 0.3) is 0 Å². The molecule has 32 heavy (non-hydrogen) atoms. The van der Waals surface area contributed by atoms with Crippen molar-refractivity contribution >= 4 is 58.2 Å². The van der Waals surface area contributed by atoms with Crippen LogP contribution in [-0.4, -0.2) is 26.4 Å². The van der Waals surface area contributed by atoms with E-state index in [0.29, 0.717) is 28.2 Å². The number of benzene rings is 2. The van der Waals surface area contributed by atoms with Crippen LogP contribution in [0.1, 0.15) is 38.3 Å². The van der Waals surface area contributed by atoms with E-state index >= 15 is 0 Å². The maximum atomic E-state index is 12.4. The molecule has 1 N–H and O–H groups in total. The number of rotatable bonds is 9. The van der Waals surface area contributed by atoms with Crippen molar-refractivity contribution in [1.29, 1.82) is 0 Å². The van der Waals surface area contributed by atoms with Gasteiger partial charge in [-0.15, -0.1) is 10.2 Å². The van der Waals surface area contributed by atoms with E-state index in [4.69, 9.17) is 39.5 Å². The second-order valence-corrected chi connectivity index (χ2v) is 9.12. The summed E-state index contributed by atoms with van der Waals surface area (Å²) in [7, 11) is 0. The fraction of sp³-hybridized carbons (Fsp3) is 0.318. The van der Waals surface area contributed by atoms with Gasteiger partial charge in [-0.3, -0.25) is 4.79 Å². The van der Waals surface area contributed by atoms with Gasteiger partial charge in [-0.1, -0.05) is 65.6 Å². The van der Waals surface area contributed by atoms with Gasteiger partial charge in [-0.25, -0.2) is 0 Å². The van der Waals surface area contributed by atoms with E-state index in [-0.39, 0.29) is 27.8 Å². The number of aryl methyl sites for hydroxylation is 1. The number of hydrogen-bond donors (Lipinski definition) is 1. The third-order valence-corrected chi connectivity index (χ3v) is 6.45. The number of nitrogens with zero attached hydrogens (tertiary/aromatic N) is 3. The highest BCUT2D eigenvalue weighted by atomic mass is 35.5. The van der Waals surface area contributed by atoms with Crippen molar-refractivity contribution in [2.45, 2.75) is 45.0 Å². The third kappa shape index (κ3) is 6.10. The lowest BCUT2D eigenvalue weighted by atomic mass is 10.2. The Kier molecular flexibility index (Phi) is 8.71. The summed E-state index contributed by atoms with van der Waals surface area (Å²) in [6.07, 6.45) is 0.676. The van der Waals surface area contributed by atoms with Crippen LogP contribution < -0.4 is 10.1 Å². The number of carbonyl (C=O) groups is 1. The lowest BCUT2D eigenvalue weighted by Gasteiger charge is -2.16. The average Bonchev–Trinajstić information content (AvgIpc) is 3.18. The number of amides is 1. The SMILES string of the molecule is CCc1ccc(O[C@@H](C)c2nnc(SCC(=O)Nc3c(Cl)cc(Cl)cc3Cl)n2CC)cc1. The molecule has 0 aliphatic rings. The molecule has 1 heterocycles.